The first-order valence-electron chi connectivity index (χ1n) is 7.11. The average molecular weight is 299 g/mol. The third-order valence-electron chi connectivity index (χ3n) is 3.75. The van der Waals surface area contributed by atoms with Crippen LogP contribution in [0.1, 0.15) is 24.7 Å². The van der Waals surface area contributed by atoms with E-state index in [4.69, 9.17) is 16.6 Å². The van der Waals surface area contributed by atoms with Gasteiger partial charge in [0.05, 0.1) is 18.3 Å². The highest BCUT2D eigenvalue weighted by Crippen LogP contribution is 2.38. The molecular weight excluding hydrogens is 284 g/mol. The Balaban J connectivity index is 1.65. The van der Waals surface area contributed by atoms with Gasteiger partial charge in [0.25, 0.3) is 0 Å². The molecule has 106 valence electrons. The second-order valence-electron chi connectivity index (χ2n) is 5.36. The summed E-state index contributed by atoms with van der Waals surface area (Å²) < 4.78 is 2.34. The zero-order chi connectivity index (χ0) is 14.2. The lowest BCUT2D eigenvalue weighted by atomic mass is 10.3. The van der Waals surface area contributed by atoms with Crippen molar-refractivity contribution in [2.45, 2.75) is 25.4 Å². The van der Waals surface area contributed by atoms with Crippen molar-refractivity contribution in [3.63, 3.8) is 0 Å². The molecule has 0 atom stereocenters. The molecule has 1 saturated carbocycles. The van der Waals surface area contributed by atoms with Gasteiger partial charge in [-0.3, -0.25) is 4.98 Å². The van der Waals surface area contributed by atoms with E-state index in [1.807, 2.05) is 42.7 Å². The Bertz CT molecular complexity index is 792. The van der Waals surface area contributed by atoms with Crippen LogP contribution in [0.15, 0.2) is 42.7 Å². The predicted octanol–water partition coefficient (Wildman–Crippen LogP) is 4.03. The molecular formula is C16H15ClN4. The van der Waals surface area contributed by atoms with Crippen LogP contribution in [0.2, 0.25) is 5.02 Å². The number of hydrogen-bond donors (Lipinski definition) is 1. The topological polar surface area (TPSA) is 42.7 Å². The molecule has 0 unspecified atom stereocenters. The smallest absolute Gasteiger partial charge is 0.129 e. The minimum Gasteiger partial charge on any atom is -0.378 e. The number of imidazole rings is 1. The molecule has 0 bridgehead atoms. The van der Waals surface area contributed by atoms with Gasteiger partial charge < -0.3 is 9.88 Å². The fourth-order valence-corrected chi connectivity index (χ4v) is 2.84. The summed E-state index contributed by atoms with van der Waals surface area (Å²) >= 11 is 6.01. The van der Waals surface area contributed by atoms with E-state index in [1.54, 1.807) is 0 Å². The first-order valence-corrected chi connectivity index (χ1v) is 7.49. The highest BCUT2D eigenvalue weighted by atomic mass is 35.5. The number of pyridine rings is 1. The van der Waals surface area contributed by atoms with Gasteiger partial charge in [-0.2, -0.15) is 0 Å². The molecule has 1 N–H and O–H groups in total. The van der Waals surface area contributed by atoms with Gasteiger partial charge in [0.2, 0.25) is 0 Å². The van der Waals surface area contributed by atoms with Crippen LogP contribution in [0.4, 0.5) is 5.69 Å². The van der Waals surface area contributed by atoms with E-state index in [9.17, 15) is 0 Å². The molecule has 3 aromatic rings. The Morgan fingerprint density at radius 2 is 2.19 bits per heavy atom. The third kappa shape index (κ3) is 2.47. The van der Waals surface area contributed by atoms with E-state index < -0.39 is 0 Å². The molecule has 4 nitrogen and oxygen atoms in total. The molecule has 4 rings (SSSR count). The molecule has 1 aliphatic carbocycles. The minimum absolute atomic E-state index is 0.591. The van der Waals surface area contributed by atoms with Gasteiger partial charge in [0, 0.05) is 22.9 Å². The highest BCUT2D eigenvalue weighted by Gasteiger charge is 2.27. The van der Waals surface area contributed by atoms with Crippen LogP contribution in [0.5, 0.6) is 0 Å². The van der Waals surface area contributed by atoms with Crippen LogP contribution in [0.3, 0.4) is 0 Å². The van der Waals surface area contributed by atoms with Crippen LogP contribution < -0.4 is 5.32 Å². The van der Waals surface area contributed by atoms with Gasteiger partial charge in [-0.15, -0.1) is 0 Å². The molecule has 0 radical (unpaired) electrons. The van der Waals surface area contributed by atoms with Gasteiger partial charge in [0.15, 0.2) is 0 Å². The van der Waals surface area contributed by atoms with Crippen molar-refractivity contribution in [1.82, 2.24) is 14.5 Å². The van der Waals surface area contributed by atoms with Crippen LogP contribution in [0, 0.1) is 0 Å². The summed E-state index contributed by atoms with van der Waals surface area (Å²) in [6.45, 7) is 0.686. The third-order valence-corrected chi connectivity index (χ3v) is 3.99. The fourth-order valence-electron chi connectivity index (χ4n) is 2.65. The normalized spacial score (nSPS) is 14.5. The largest absolute Gasteiger partial charge is 0.378 e. The molecule has 21 heavy (non-hydrogen) atoms. The van der Waals surface area contributed by atoms with Gasteiger partial charge in [0.1, 0.15) is 11.3 Å². The maximum Gasteiger partial charge on any atom is 0.129 e. The number of fused-ring (bicyclic) bond motifs is 1. The molecule has 0 saturated heterocycles. The van der Waals surface area contributed by atoms with Gasteiger partial charge in [-0.05, 0) is 37.1 Å². The zero-order valence-electron chi connectivity index (χ0n) is 11.5. The van der Waals surface area contributed by atoms with Crippen LogP contribution in [0.25, 0.3) is 11.0 Å². The summed E-state index contributed by atoms with van der Waals surface area (Å²) in [5.41, 5.74) is 3.15. The van der Waals surface area contributed by atoms with Crippen molar-refractivity contribution in [1.29, 1.82) is 0 Å². The number of nitrogens with zero attached hydrogens (tertiary/aromatic N) is 3. The summed E-state index contributed by atoms with van der Waals surface area (Å²) in [7, 11) is 0. The van der Waals surface area contributed by atoms with Gasteiger partial charge >= 0.3 is 0 Å². The predicted molar refractivity (Wildman–Crippen MR) is 84.6 cm³/mol. The summed E-state index contributed by atoms with van der Waals surface area (Å²) in [6.07, 6.45) is 6.13. The van der Waals surface area contributed by atoms with E-state index in [0.29, 0.717) is 12.6 Å². The first-order chi connectivity index (χ1) is 10.3. The van der Waals surface area contributed by atoms with E-state index in [-0.39, 0.29) is 0 Å². The molecule has 1 fully saturated rings. The van der Waals surface area contributed by atoms with Crippen molar-refractivity contribution in [2.75, 3.05) is 5.32 Å². The van der Waals surface area contributed by atoms with Crippen molar-refractivity contribution in [3.8, 4) is 0 Å². The van der Waals surface area contributed by atoms with Gasteiger partial charge in [-0.25, -0.2) is 4.98 Å². The van der Waals surface area contributed by atoms with E-state index in [2.05, 4.69) is 14.9 Å². The highest BCUT2D eigenvalue weighted by molar-refractivity contribution is 6.30. The number of anilines is 1. The maximum absolute atomic E-state index is 6.01. The Morgan fingerprint density at radius 3 is 3.00 bits per heavy atom. The molecule has 2 heterocycles. The van der Waals surface area contributed by atoms with Crippen LogP contribution >= 0.6 is 11.6 Å². The fraction of sp³-hybridized carbons (Fsp3) is 0.250. The van der Waals surface area contributed by atoms with E-state index in [1.165, 1.54) is 18.4 Å². The molecule has 1 aromatic carbocycles. The van der Waals surface area contributed by atoms with Crippen LogP contribution in [-0.2, 0) is 6.54 Å². The number of aromatic nitrogens is 3. The second-order valence-corrected chi connectivity index (χ2v) is 5.79. The Hall–Kier alpha value is -2.07. The zero-order valence-corrected chi connectivity index (χ0v) is 12.2. The maximum atomic E-state index is 6.01. The van der Waals surface area contributed by atoms with Crippen molar-refractivity contribution < 1.29 is 0 Å². The molecule has 2 aromatic heterocycles. The Labute approximate surface area is 127 Å². The summed E-state index contributed by atoms with van der Waals surface area (Å²) in [4.78, 5) is 8.88. The monoisotopic (exact) mass is 298 g/mol. The summed E-state index contributed by atoms with van der Waals surface area (Å²) in [5.74, 6) is 1.06. The number of hydrogen-bond acceptors (Lipinski definition) is 3. The lowest BCUT2D eigenvalue weighted by molar-refractivity contribution is 0.711. The molecule has 5 heteroatoms. The van der Waals surface area contributed by atoms with E-state index >= 15 is 0 Å². The number of rotatable bonds is 4. The van der Waals surface area contributed by atoms with Crippen molar-refractivity contribution in [3.05, 3.63) is 53.6 Å². The number of benzene rings is 1. The SMILES string of the molecule is Clc1cccc(NCc2nc3cnccc3n2C2CC2)c1. The standard InChI is InChI=1S/C16H15ClN4/c17-11-2-1-3-12(8-11)19-10-16-20-14-9-18-7-6-15(14)21(16)13-4-5-13/h1-3,6-9,13,19H,4-5,10H2. The first kappa shape index (κ1) is 12.7. The lowest BCUT2D eigenvalue weighted by Crippen LogP contribution is -2.07. The van der Waals surface area contributed by atoms with Gasteiger partial charge in [-0.1, -0.05) is 17.7 Å². The number of nitrogens with one attached hydrogen (secondary N) is 1. The van der Waals surface area contributed by atoms with Crippen molar-refractivity contribution >= 4 is 28.3 Å². The van der Waals surface area contributed by atoms with E-state index in [0.717, 1.165) is 22.1 Å². The summed E-state index contributed by atoms with van der Waals surface area (Å²) in [6, 6.07) is 10.4. The Kier molecular flexibility index (Phi) is 3.04. The van der Waals surface area contributed by atoms with Crippen molar-refractivity contribution in [2.24, 2.45) is 0 Å². The quantitative estimate of drug-likeness (QED) is 0.790. The number of halogens is 1. The minimum atomic E-state index is 0.591. The molecule has 0 aliphatic heterocycles. The molecule has 0 spiro atoms. The Morgan fingerprint density at radius 1 is 1.29 bits per heavy atom. The average Bonchev–Trinajstić information content (AvgIpc) is 3.26. The lowest BCUT2D eigenvalue weighted by Gasteiger charge is -2.09. The second kappa shape index (κ2) is 5.04. The molecule has 0 amide bonds. The molecule has 1 aliphatic rings. The van der Waals surface area contributed by atoms with Crippen LogP contribution in [-0.4, -0.2) is 14.5 Å². The summed E-state index contributed by atoms with van der Waals surface area (Å²) in [5, 5.41) is 4.13.